The third-order valence-corrected chi connectivity index (χ3v) is 4.16. The molecule has 3 aromatic heterocycles. The maximum absolute atomic E-state index is 11.3. The number of carbonyl (C=O) groups is 1. The van der Waals surface area contributed by atoms with Gasteiger partial charge in [0, 0.05) is 31.3 Å². The molecule has 0 saturated carbocycles. The number of hydrogen-bond donors (Lipinski definition) is 1. The van der Waals surface area contributed by atoms with Crippen molar-refractivity contribution >= 4 is 29.2 Å². The van der Waals surface area contributed by atoms with Gasteiger partial charge in [0.15, 0.2) is 16.2 Å². The molecule has 7 heteroatoms. The Bertz CT molecular complexity index is 974. The van der Waals surface area contributed by atoms with Gasteiger partial charge in [-0.15, -0.1) is 0 Å². The fraction of sp³-hybridized carbons (Fsp3) is 0.294. The van der Waals surface area contributed by atoms with E-state index in [0.717, 1.165) is 23.1 Å². The van der Waals surface area contributed by atoms with Gasteiger partial charge in [0.2, 0.25) is 0 Å². The van der Waals surface area contributed by atoms with E-state index >= 15 is 0 Å². The summed E-state index contributed by atoms with van der Waals surface area (Å²) in [5, 5.41) is 0. The van der Waals surface area contributed by atoms with Crippen LogP contribution in [0.3, 0.4) is 0 Å². The standard InChI is InChI=1S/C17H18N4O2S/c1-4-13-14(9-19-16-15(13)21(3)17(24)20-16)23-12-5-6-18-11(8-12)7-10(2)22/h5-6,8-9H,4,7H2,1-3H3,(H,19,20,24). The molecule has 3 rings (SSSR count). The van der Waals surface area contributed by atoms with Crippen molar-refractivity contribution in [1.82, 2.24) is 19.5 Å². The van der Waals surface area contributed by atoms with Gasteiger partial charge >= 0.3 is 0 Å². The van der Waals surface area contributed by atoms with Gasteiger partial charge in [-0.05, 0) is 31.6 Å². The first-order chi connectivity index (χ1) is 11.5. The lowest BCUT2D eigenvalue weighted by Crippen LogP contribution is -2.00. The number of ketones is 1. The molecule has 24 heavy (non-hydrogen) atoms. The van der Waals surface area contributed by atoms with Crippen LogP contribution in [0.25, 0.3) is 11.2 Å². The van der Waals surface area contributed by atoms with Gasteiger partial charge in [-0.3, -0.25) is 9.78 Å². The zero-order valence-electron chi connectivity index (χ0n) is 13.8. The number of fused-ring (bicyclic) bond motifs is 1. The first-order valence-electron chi connectivity index (χ1n) is 7.68. The SMILES string of the molecule is CCc1c(Oc2ccnc(CC(C)=O)c2)cnc2[nH]c(=S)n(C)c12. The number of aromatic nitrogens is 4. The van der Waals surface area contributed by atoms with Crippen molar-refractivity contribution in [1.29, 1.82) is 0 Å². The number of Topliss-reactive ketones (excluding diaryl/α,β-unsaturated/α-hetero) is 1. The molecular weight excluding hydrogens is 324 g/mol. The molecule has 124 valence electrons. The van der Waals surface area contributed by atoms with E-state index in [1.165, 1.54) is 0 Å². The van der Waals surface area contributed by atoms with Crippen LogP contribution in [0, 0.1) is 4.77 Å². The van der Waals surface area contributed by atoms with Crippen LogP contribution in [0.4, 0.5) is 0 Å². The fourth-order valence-corrected chi connectivity index (χ4v) is 2.88. The summed E-state index contributed by atoms with van der Waals surface area (Å²) >= 11 is 5.28. The number of pyridine rings is 2. The van der Waals surface area contributed by atoms with Gasteiger partial charge < -0.3 is 14.3 Å². The Morgan fingerprint density at radius 1 is 1.42 bits per heavy atom. The van der Waals surface area contributed by atoms with E-state index in [9.17, 15) is 4.79 Å². The molecule has 0 fully saturated rings. The highest BCUT2D eigenvalue weighted by molar-refractivity contribution is 7.71. The number of rotatable bonds is 5. The number of aryl methyl sites for hydroxylation is 2. The molecule has 6 nitrogen and oxygen atoms in total. The van der Waals surface area contributed by atoms with Gasteiger partial charge in [0.25, 0.3) is 0 Å². The van der Waals surface area contributed by atoms with E-state index < -0.39 is 0 Å². The quantitative estimate of drug-likeness (QED) is 0.718. The second kappa shape index (κ2) is 6.52. The number of ether oxygens (including phenoxy) is 1. The molecule has 0 bridgehead atoms. The number of nitrogens with zero attached hydrogens (tertiary/aromatic N) is 3. The van der Waals surface area contributed by atoms with Crippen LogP contribution in [0.5, 0.6) is 11.5 Å². The molecule has 0 aliphatic carbocycles. The lowest BCUT2D eigenvalue weighted by Gasteiger charge is -2.12. The van der Waals surface area contributed by atoms with Crippen LogP contribution in [0.2, 0.25) is 0 Å². The Labute approximate surface area is 144 Å². The molecule has 0 radical (unpaired) electrons. The van der Waals surface area contributed by atoms with Gasteiger partial charge in [0.05, 0.1) is 17.4 Å². The number of aromatic amines is 1. The van der Waals surface area contributed by atoms with E-state index in [0.29, 0.717) is 28.4 Å². The first-order valence-corrected chi connectivity index (χ1v) is 8.09. The minimum absolute atomic E-state index is 0.0642. The third-order valence-electron chi connectivity index (χ3n) is 3.78. The number of nitrogens with one attached hydrogen (secondary N) is 1. The molecule has 0 unspecified atom stereocenters. The minimum atomic E-state index is 0.0642. The number of H-pyrrole nitrogens is 1. The summed E-state index contributed by atoms with van der Waals surface area (Å²) in [6.07, 6.45) is 4.40. The number of hydrogen-bond acceptors (Lipinski definition) is 5. The lowest BCUT2D eigenvalue weighted by atomic mass is 10.1. The van der Waals surface area contributed by atoms with E-state index in [2.05, 4.69) is 21.9 Å². The molecule has 3 aromatic rings. The van der Waals surface area contributed by atoms with E-state index in [-0.39, 0.29) is 5.78 Å². The second-order valence-corrected chi connectivity index (χ2v) is 5.99. The highest BCUT2D eigenvalue weighted by Gasteiger charge is 2.14. The summed E-state index contributed by atoms with van der Waals surface area (Å²) in [6, 6.07) is 3.55. The Morgan fingerprint density at radius 3 is 2.92 bits per heavy atom. The lowest BCUT2D eigenvalue weighted by molar-refractivity contribution is -0.116. The fourth-order valence-electron chi connectivity index (χ4n) is 2.69. The Kier molecular flexibility index (Phi) is 4.44. The highest BCUT2D eigenvalue weighted by Crippen LogP contribution is 2.30. The molecule has 0 spiro atoms. The minimum Gasteiger partial charge on any atom is -0.455 e. The van der Waals surface area contributed by atoms with E-state index in [1.807, 2.05) is 11.6 Å². The van der Waals surface area contributed by atoms with E-state index in [4.69, 9.17) is 17.0 Å². The van der Waals surface area contributed by atoms with Crippen molar-refractivity contribution in [3.8, 4) is 11.5 Å². The van der Waals surface area contributed by atoms with Crippen molar-refractivity contribution in [2.45, 2.75) is 26.7 Å². The molecule has 0 saturated heterocycles. The smallest absolute Gasteiger partial charge is 0.179 e. The predicted octanol–water partition coefficient (Wildman–Crippen LogP) is 3.51. The Balaban J connectivity index is 2.02. The average Bonchev–Trinajstić information content (AvgIpc) is 2.82. The predicted molar refractivity (Wildman–Crippen MR) is 94.0 cm³/mol. The van der Waals surface area contributed by atoms with Gasteiger partial charge in [0.1, 0.15) is 11.5 Å². The van der Waals surface area contributed by atoms with Crippen LogP contribution in [0.15, 0.2) is 24.5 Å². The van der Waals surface area contributed by atoms with Crippen molar-refractivity contribution in [2.75, 3.05) is 0 Å². The van der Waals surface area contributed by atoms with Crippen molar-refractivity contribution in [3.63, 3.8) is 0 Å². The van der Waals surface area contributed by atoms with Crippen molar-refractivity contribution in [2.24, 2.45) is 7.05 Å². The first kappa shape index (κ1) is 16.3. The van der Waals surface area contributed by atoms with E-state index in [1.54, 1.807) is 31.5 Å². The van der Waals surface area contributed by atoms with Crippen molar-refractivity contribution < 1.29 is 9.53 Å². The summed E-state index contributed by atoms with van der Waals surface area (Å²) < 4.78 is 8.54. The van der Waals surface area contributed by atoms with Gasteiger partial charge in [-0.25, -0.2) is 4.98 Å². The highest BCUT2D eigenvalue weighted by atomic mass is 32.1. The zero-order chi connectivity index (χ0) is 17.3. The van der Waals surface area contributed by atoms with Crippen LogP contribution in [-0.2, 0) is 24.7 Å². The maximum Gasteiger partial charge on any atom is 0.179 e. The summed E-state index contributed by atoms with van der Waals surface area (Å²) in [7, 11) is 1.91. The Morgan fingerprint density at radius 2 is 2.21 bits per heavy atom. The van der Waals surface area contributed by atoms with Crippen molar-refractivity contribution in [3.05, 3.63) is 40.6 Å². The zero-order valence-corrected chi connectivity index (χ0v) is 14.6. The molecule has 0 aliphatic rings. The summed E-state index contributed by atoms with van der Waals surface area (Å²) in [6.45, 7) is 3.60. The number of carbonyl (C=O) groups excluding carboxylic acids is 1. The summed E-state index contributed by atoms with van der Waals surface area (Å²) in [4.78, 5) is 22.9. The molecule has 0 aliphatic heterocycles. The molecular formula is C17H18N4O2S. The van der Waals surface area contributed by atoms with Gasteiger partial charge in [-0.2, -0.15) is 0 Å². The normalized spacial score (nSPS) is 11.0. The molecule has 0 amide bonds. The molecule has 0 aromatic carbocycles. The van der Waals surface area contributed by atoms with Crippen LogP contribution in [0.1, 0.15) is 25.1 Å². The maximum atomic E-state index is 11.3. The second-order valence-electron chi connectivity index (χ2n) is 5.60. The van der Waals surface area contributed by atoms with Crippen LogP contribution < -0.4 is 4.74 Å². The van der Waals surface area contributed by atoms with Gasteiger partial charge in [-0.1, -0.05) is 6.92 Å². The number of imidazole rings is 1. The average molecular weight is 342 g/mol. The Hall–Kier alpha value is -2.54. The van der Waals surface area contributed by atoms with Crippen LogP contribution in [-0.4, -0.2) is 25.3 Å². The molecule has 3 heterocycles. The summed E-state index contributed by atoms with van der Waals surface area (Å²) in [5.41, 5.74) is 3.41. The molecule has 1 N–H and O–H groups in total. The van der Waals surface area contributed by atoms with Crippen LogP contribution >= 0.6 is 12.2 Å². The largest absolute Gasteiger partial charge is 0.455 e. The third kappa shape index (κ3) is 3.07. The summed E-state index contributed by atoms with van der Waals surface area (Å²) in [5.74, 6) is 1.37. The molecule has 0 atom stereocenters. The topological polar surface area (TPSA) is 72.8 Å². The monoisotopic (exact) mass is 342 g/mol.